The first-order valence-electron chi connectivity index (χ1n) is 9.62. The topological polar surface area (TPSA) is 40.1 Å². The van der Waals surface area contributed by atoms with Crippen LogP contribution >= 0.6 is 0 Å². The van der Waals surface area contributed by atoms with Crippen molar-refractivity contribution >= 4 is 5.97 Å². The van der Waals surface area contributed by atoms with Gasteiger partial charge in [-0.25, -0.2) is 0 Å². The van der Waals surface area contributed by atoms with Crippen LogP contribution in [-0.2, 0) is 4.79 Å². The van der Waals surface area contributed by atoms with Gasteiger partial charge in [0.1, 0.15) is 0 Å². The van der Waals surface area contributed by atoms with Crippen molar-refractivity contribution in [2.24, 2.45) is 0 Å². The summed E-state index contributed by atoms with van der Waals surface area (Å²) in [5.41, 5.74) is 0. The second-order valence-corrected chi connectivity index (χ2v) is 6.41. The Bertz CT molecular complexity index is 264. The molecule has 0 spiro atoms. The molecule has 0 atom stereocenters. The molecule has 2 nitrogen and oxygen atoms in total. The van der Waals surface area contributed by atoms with Gasteiger partial charge in [-0.2, -0.15) is 0 Å². The molecule has 0 N–H and O–H groups in total. The number of rotatable bonds is 17. The van der Waals surface area contributed by atoms with Gasteiger partial charge in [-0.15, -0.1) is 0 Å². The number of allylic oxidation sites excluding steroid dienone is 2. The zero-order valence-electron chi connectivity index (χ0n) is 15.8. The van der Waals surface area contributed by atoms with Crippen LogP contribution in [-0.4, -0.2) is 5.97 Å². The molecule has 0 rings (SSSR count). The quantitative estimate of drug-likeness (QED) is 0.233. The maximum absolute atomic E-state index is 10.2. The maximum Gasteiger partial charge on any atom is 1.00 e. The molecule has 3 heteroatoms. The Kier molecular flexibility index (Phi) is 24.6. The Balaban J connectivity index is 0. The standard InChI is InChI=1S/C20H38O2.Na/c1-2-3-4-5-6-7-8-9-10-11-12-13-14-15-16-17-18-19-20(21)22;/h11-12H,2-10,13-19H2,1H3,(H,21,22);/q;+1/p-1. The summed E-state index contributed by atoms with van der Waals surface area (Å²) in [6.45, 7) is 2.27. The van der Waals surface area contributed by atoms with Crippen LogP contribution in [0.1, 0.15) is 110 Å². The Morgan fingerprint density at radius 1 is 0.696 bits per heavy atom. The van der Waals surface area contributed by atoms with Gasteiger partial charge in [0.05, 0.1) is 0 Å². The summed E-state index contributed by atoms with van der Waals surface area (Å²) in [5.74, 6) is -0.913. The minimum atomic E-state index is -0.913. The minimum absolute atomic E-state index is 0. The zero-order valence-corrected chi connectivity index (χ0v) is 17.8. The number of hydrogen-bond donors (Lipinski definition) is 0. The maximum atomic E-state index is 10.2. The van der Waals surface area contributed by atoms with Crippen LogP contribution in [0, 0.1) is 0 Å². The van der Waals surface area contributed by atoms with E-state index >= 15 is 0 Å². The van der Waals surface area contributed by atoms with Crippen molar-refractivity contribution < 1.29 is 39.5 Å². The largest absolute Gasteiger partial charge is 1.00 e. The summed E-state index contributed by atoms with van der Waals surface area (Å²) in [6, 6.07) is 0. The number of aliphatic carboxylic acids is 1. The van der Waals surface area contributed by atoms with E-state index in [2.05, 4.69) is 19.1 Å². The van der Waals surface area contributed by atoms with Crippen molar-refractivity contribution in [2.45, 2.75) is 110 Å². The van der Waals surface area contributed by atoms with Gasteiger partial charge in [0.15, 0.2) is 0 Å². The first-order chi connectivity index (χ1) is 10.8. The monoisotopic (exact) mass is 332 g/mol. The summed E-state index contributed by atoms with van der Waals surface area (Å²) < 4.78 is 0. The molecule has 0 saturated carbocycles. The van der Waals surface area contributed by atoms with E-state index in [0.717, 1.165) is 19.3 Å². The molecule has 0 saturated heterocycles. The molecule has 0 amide bonds. The summed E-state index contributed by atoms with van der Waals surface area (Å²) in [5, 5.41) is 10.2. The predicted molar refractivity (Wildman–Crippen MR) is 93.7 cm³/mol. The van der Waals surface area contributed by atoms with E-state index < -0.39 is 5.97 Å². The molecule has 0 aliphatic carbocycles. The fourth-order valence-corrected chi connectivity index (χ4v) is 2.69. The molecular weight excluding hydrogens is 295 g/mol. The van der Waals surface area contributed by atoms with Crippen molar-refractivity contribution in [1.29, 1.82) is 0 Å². The van der Waals surface area contributed by atoms with Crippen molar-refractivity contribution in [3.8, 4) is 0 Å². The van der Waals surface area contributed by atoms with Crippen LogP contribution in [0.5, 0.6) is 0 Å². The van der Waals surface area contributed by atoms with Crippen molar-refractivity contribution in [3.05, 3.63) is 12.2 Å². The number of carbonyl (C=O) groups is 1. The number of hydrogen-bond acceptors (Lipinski definition) is 2. The van der Waals surface area contributed by atoms with Crippen molar-refractivity contribution in [1.82, 2.24) is 0 Å². The van der Waals surface area contributed by atoms with Gasteiger partial charge < -0.3 is 9.90 Å². The number of carbonyl (C=O) groups excluding carboxylic acids is 1. The molecule has 0 heterocycles. The molecule has 0 unspecified atom stereocenters. The average molecular weight is 333 g/mol. The van der Waals surface area contributed by atoms with E-state index in [0.29, 0.717) is 0 Å². The molecule has 23 heavy (non-hydrogen) atoms. The van der Waals surface area contributed by atoms with Crippen molar-refractivity contribution in [2.75, 3.05) is 0 Å². The normalized spacial score (nSPS) is 10.8. The van der Waals surface area contributed by atoms with Crippen LogP contribution in [0.2, 0.25) is 0 Å². The third kappa shape index (κ3) is 24.6. The zero-order chi connectivity index (χ0) is 16.3. The average Bonchev–Trinajstić information content (AvgIpc) is 2.50. The minimum Gasteiger partial charge on any atom is -0.550 e. The Morgan fingerprint density at radius 2 is 1.09 bits per heavy atom. The number of carboxylic acid groups (broad SMARTS) is 1. The van der Waals surface area contributed by atoms with E-state index in [-0.39, 0.29) is 36.0 Å². The molecule has 0 aromatic rings. The third-order valence-electron chi connectivity index (χ3n) is 4.14. The third-order valence-corrected chi connectivity index (χ3v) is 4.14. The van der Waals surface area contributed by atoms with Crippen LogP contribution in [0.15, 0.2) is 12.2 Å². The van der Waals surface area contributed by atoms with E-state index in [1.54, 1.807) is 0 Å². The van der Waals surface area contributed by atoms with Crippen molar-refractivity contribution in [3.63, 3.8) is 0 Å². The summed E-state index contributed by atoms with van der Waals surface area (Å²) in [7, 11) is 0. The predicted octanol–water partition coefficient (Wildman–Crippen LogP) is 2.56. The molecule has 130 valence electrons. The Labute approximate surface area is 166 Å². The first-order valence-corrected chi connectivity index (χ1v) is 9.62. The molecule has 0 aromatic carbocycles. The van der Waals surface area contributed by atoms with Crippen LogP contribution in [0.3, 0.4) is 0 Å². The Hall–Kier alpha value is 0.210. The fourth-order valence-electron chi connectivity index (χ4n) is 2.69. The fraction of sp³-hybridized carbons (Fsp3) is 0.850. The van der Waals surface area contributed by atoms with Crippen LogP contribution in [0.4, 0.5) is 0 Å². The second-order valence-electron chi connectivity index (χ2n) is 6.41. The SMILES string of the molecule is CCCCCCCCCCC=CCCCCCCCC(=O)[O-].[Na+]. The van der Waals surface area contributed by atoms with E-state index in [4.69, 9.17) is 0 Å². The molecule has 0 radical (unpaired) electrons. The summed E-state index contributed by atoms with van der Waals surface area (Å²) >= 11 is 0. The van der Waals surface area contributed by atoms with E-state index in [1.807, 2.05) is 0 Å². The number of unbranched alkanes of at least 4 members (excludes halogenated alkanes) is 13. The van der Waals surface area contributed by atoms with Gasteiger partial charge in [0, 0.05) is 5.97 Å². The van der Waals surface area contributed by atoms with Gasteiger partial charge in [0.25, 0.3) is 0 Å². The van der Waals surface area contributed by atoms with Gasteiger partial charge >= 0.3 is 29.6 Å². The van der Waals surface area contributed by atoms with Gasteiger partial charge in [-0.1, -0.05) is 83.3 Å². The smallest absolute Gasteiger partial charge is 0.550 e. The second kappa shape index (κ2) is 22.2. The van der Waals surface area contributed by atoms with Gasteiger partial charge in [-0.05, 0) is 38.5 Å². The first kappa shape index (κ1) is 25.5. The van der Waals surface area contributed by atoms with Gasteiger partial charge in [-0.3, -0.25) is 0 Å². The van der Waals surface area contributed by atoms with Crippen LogP contribution < -0.4 is 34.7 Å². The summed E-state index contributed by atoms with van der Waals surface area (Å²) in [4.78, 5) is 10.2. The van der Waals surface area contributed by atoms with E-state index in [1.165, 1.54) is 77.0 Å². The number of carboxylic acids is 1. The molecule has 0 bridgehead atoms. The molecular formula is C20H37NaO2. The van der Waals surface area contributed by atoms with Gasteiger partial charge in [0.2, 0.25) is 0 Å². The summed E-state index contributed by atoms with van der Waals surface area (Å²) in [6.07, 6.45) is 23.8. The van der Waals surface area contributed by atoms with E-state index in [9.17, 15) is 9.90 Å². The molecule has 0 aromatic heterocycles. The molecule has 0 fully saturated rings. The molecule has 0 aliphatic rings. The van der Waals surface area contributed by atoms with Crippen LogP contribution in [0.25, 0.3) is 0 Å². The molecule has 0 aliphatic heterocycles. The Morgan fingerprint density at radius 3 is 1.52 bits per heavy atom.